The smallest absolute Gasteiger partial charge is 0.341 e. The number of fused-ring (bicyclic) bond motifs is 1. The number of anilines is 1. The summed E-state index contributed by atoms with van der Waals surface area (Å²) in [6.07, 6.45) is 4.57. The third kappa shape index (κ3) is 3.46. The number of rotatable bonds is 5. The molecular weight excluding hydrogens is 286 g/mol. The van der Waals surface area contributed by atoms with Gasteiger partial charge in [-0.2, -0.15) is 0 Å². The minimum absolute atomic E-state index is 0.0637. The summed E-state index contributed by atoms with van der Waals surface area (Å²) in [7, 11) is 0. The second kappa shape index (κ2) is 7.07. The van der Waals surface area contributed by atoms with Crippen LogP contribution in [0, 0.1) is 5.92 Å². The topological polar surface area (TPSA) is 55.4 Å². The molecule has 1 aromatic rings. The number of carbonyl (C=O) groups excluding carboxylic acids is 2. The van der Waals surface area contributed by atoms with E-state index in [1.807, 2.05) is 0 Å². The molecule has 1 aromatic heterocycles. The number of nitrogens with one attached hydrogen (secondary N) is 1. The first-order valence-corrected chi connectivity index (χ1v) is 8.53. The van der Waals surface area contributed by atoms with Crippen molar-refractivity contribution in [2.75, 3.05) is 11.9 Å². The van der Waals surface area contributed by atoms with Crippen LogP contribution in [0.15, 0.2) is 0 Å². The molecule has 4 nitrogen and oxygen atoms in total. The van der Waals surface area contributed by atoms with Crippen molar-refractivity contribution in [2.45, 2.75) is 52.9 Å². The fourth-order valence-electron chi connectivity index (χ4n) is 2.72. The first-order chi connectivity index (χ1) is 10.1. The highest BCUT2D eigenvalue weighted by Crippen LogP contribution is 2.40. The molecule has 0 unspecified atom stereocenters. The molecule has 1 atom stereocenters. The average Bonchev–Trinajstić information content (AvgIpc) is 2.83. The van der Waals surface area contributed by atoms with E-state index < -0.39 is 0 Å². The van der Waals surface area contributed by atoms with Gasteiger partial charge in [0.15, 0.2) is 0 Å². The summed E-state index contributed by atoms with van der Waals surface area (Å²) in [5.41, 5.74) is 1.68. The van der Waals surface area contributed by atoms with Gasteiger partial charge in [-0.3, -0.25) is 4.79 Å². The van der Waals surface area contributed by atoms with Gasteiger partial charge in [-0.1, -0.05) is 20.3 Å². The van der Waals surface area contributed by atoms with Crippen LogP contribution in [0.25, 0.3) is 0 Å². The molecule has 0 radical (unpaired) electrons. The van der Waals surface area contributed by atoms with Crippen LogP contribution in [-0.2, 0) is 22.4 Å². The van der Waals surface area contributed by atoms with Crippen molar-refractivity contribution in [1.29, 1.82) is 0 Å². The lowest BCUT2D eigenvalue weighted by atomic mass is 9.85. The van der Waals surface area contributed by atoms with E-state index >= 15 is 0 Å². The number of esters is 1. The van der Waals surface area contributed by atoms with Gasteiger partial charge in [-0.15, -0.1) is 11.3 Å². The molecule has 0 saturated carbocycles. The first kappa shape index (κ1) is 16.0. The molecule has 0 aliphatic heterocycles. The lowest BCUT2D eigenvalue weighted by Crippen LogP contribution is -2.16. The highest BCUT2D eigenvalue weighted by atomic mass is 32.1. The number of hydrogen-bond donors (Lipinski definition) is 1. The van der Waals surface area contributed by atoms with Crippen molar-refractivity contribution in [3.05, 3.63) is 16.0 Å². The van der Waals surface area contributed by atoms with Crippen molar-refractivity contribution in [2.24, 2.45) is 5.92 Å². The monoisotopic (exact) mass is 309 g/mol. The van der Waals surface area contributed by atoms with Gasteiger partial charge in [0, 0.05) is 11.3 Å². The number of carbonyl (C=O) groups is 2. The van der Waals surface area contributed by atoms with E-state index in [9.17, 15) is 9.59 Å². The maximum atomic E-state index is 12.3. The Bertz CT molecular complexity index is 536. The van der Waals surface area contributed by atoms with Gasteiger partial charge in [0.2, 0.25) is 5.91 Å². The lowest BCUT2D eigenvalue weighted by molar-refractivity contribution is -0.115. The second-order valence-electron chi connectivity index (χ2n) is 5.35. The number of thiophene rings is 1. The zero-order valence-corrected chi connectivity index (χ0v) is 13.8. The molecule has 1 amide bonds. The summed E-state index contributed by atoms with van der Waals surface area (Å²) in [4.78, 5) is 25.2. The van der Waals surface area contributed by atoms with E-state index in [1.54, 1.807) is 25.2 Å². The van der Waals surface area contributed by atoms with E-state index in [2.05, 4.69) is 12.2 Å². The quantitative estimate of drug-likeness (QED) is 0.842. The predicted octanol–water partition coefficient (Wildman–Crippen LogP) is 3.79. The van der Waals surface area contributed by atoms with Crippen LogP contribution < -0.4 is 5.32 Å². The normalized spacial score (nSPS) is 17.2. The average molecular weight is 309 g/mol. The molecule has 1 N–H and O–H groups in total. The van der Waals surface area contributed by atoms with Gasteiger partial charge >= 0.3 is 5.97 Å². The largest absolute Gasteiger partial charge is 0.462 e. The molecule has 0 bridgehead atoms. The molecule has 0 fully saturated rings. The number of hydrogen-bond acceptors (Lipinski definition) is 4. The minimum atomic E-state index is -0.309. The van der Waals surface area contributed by atoms with Gasteiger partial charge < -0.3 is 10.1 Å². The molecule has 1 aliphatic carbocycles. The molecule has 21 heavy (non-hydrogen) atoms. The Kier molecular flexibility index (Phi) is 5.39. The van der Waals surface area contributed by atoms with Gasteiger partial charge in [-0.25, -0.2) is 4.79 Å². The van der Waals surface area contributed by atoms with Crippen LogP contribution in [-0.4, -0.2) is 18.5 Å². The van der Waals surface area contributed by atoms with Crippen LogP contribution in [0.2, 0.25) is 0 Å². The van der Waals surface area contributed by atoms with Gasteiger partial charge in [-0.05, 0) is 37.7 Å². The van der Waals surface area contributed by atoms with E-state index in [-0.39, 0.29) is 11.9 Å². The summed E-state index contributed by atoms with van der Waals surface area (Å²) >= 11 is 1.55. The van der Waals surface area contributed by atoms with E-state index in [0.29, 0.717) is 29.5 Å². The highest BCUT2D eigenvalue weighted by Gasteiger charge is 2.29. The van der Waals surface area contributed by atoms with Crippen LogP contribution >= 0.6 is 11.3 Å². The van der Waals surface area contributed by atoms with E-state index in [1.165, 1.54) is 4.88 Å². The van der Waals surface area contributed by atoms with Crippen molar-refractivity contribution < 1.29 is 14.3 Å². The standard InChI is InChI=1S/C16H23NO3S/c1-4-10-7-8-11-12(9-10)21-15(17-13(18)5-2)14(11)16(19)20-6-3/h10H,4-9H2,1-3H3,(H,17,18)/t10-/m0/s1. The van der Waals surface area contributed by atoms with Crippen molar-refractivity contribution in [1.82, 2.24) is 0 Å². The highest BCUT2D eigenvalue weighted by molar-refractivity contribution is 7.17. The minimum Gasteiger partial charge on any atom is -0.462 e. The predicted molar refractivity (Wildman–Crippen MR) is 85.0 cm³/mol. The number of ether oxygens (including phenoxy) is 1. The van der Waals surface area contributed by atoms with Gasteiger partial charge in [0.1, 0.15) is 5.00 Å². The lowest BCUT2D eigenvalue weighted by Gasteiger charge is -2.20. The van der Waals surface area contributed by atoms with Crippen LogP contribution in [0.3, 0.4) is 0 Å². The van der Waals surface area contributed by atoms with Crippen molar-refractivity contribution in [3.63, 3.8) is 0 Å². The maximum absolute atomic E-state index is 12.3. The Morgan fingerprint density at radius 3 is 2.71 bits per heavy atom. The van der Waals surface area contributed by atoms with Crippen molar-refractivity contribution in [3.8, 4) is 0 Å². The van der Waals surface area contributed by atoms with Gasteiger partial charge in [0.25, 0.3) is 0 Å². The van der Waals surface area contributed by atoms with Crippen molar-refractivity contribution >= 4 is 28.2 Å². The Morgan fingerprint density at radius 2 is 2.10 bits per heavy atom. The molecule has 1 aliphatic rings. The summed E-state index contributed by atoms with van der Waals surface area (Å²) in [6.45, 7) is 6.16. The maximum Gasteiger partial charge on any atom is 0.341 e. The summed E-state index contributed by atoms with van der Waals surface area (Å²) in [5.74, 6) is 0.309. The van der Waals surface area contributed by atoms with E-state index in [4.69, 9.17) is 4.74 Å². The second-order valence-corrected chi connectivity index (χ2v) is 6.45. The third-order valence-corrected chi connectivity index (χ3v) is 5.17. The fraction of sp³-hybridized carbons (Fsp3) is 0.625. The first-order valence-electron chi connectivity index (χ1n) is 7.72. The molecule has 116 valence electrons. The molecule has 5 heteroatoms. The fourth-order valence-corrected chi connectivity index (χ4v) is 4.09. The molecule has 2 rings (SSSR count). The molecule has 0 aromatic carbocycles. The Morgan fingerprint density at radius 1 is 1.33 bits per heavy atom. The van der Waals surface area contributed by atoms with Gasteiger partial charge in [0.05, 0.1) is 12.2 Å². The molecule has 0 saturated heterocycles. The Hall–Kier alpha value is -1.36. The third-order valence-electron chi connectivity index (χ3n) is 4.00. The van der Waals surface area contributed by atoms with Crippen LogP contribution in [0.4, 0.5) is 5.00 Å². The van der Waals surface area contributed by atoms with E-state index in [0.717, 1.165) is 31.2 Å². The Labute approximate surface area is 129 Å². The summed E-state index contributed by atoms with van der Waals surface area (Å²) < 4.78 is 5.18. The zero-order valence-electron chi connectivity index (χ0n) is 13.0. The number of amides is 1. The Balaban J connectivity index is 2.37. The summed E-state index contributed by atoms with van der Waals surface area (Å²) in [6, 6.07) is 0. The molecule has 1 heterocycles. The summed E-state index contributed by atoms with van der Waals surface area (Å²) in [5, 5.41) is 3.54. The van der Waals surface area contributed by atoms with Crippen LogP contribution in [0.1, 0.15) is 60.8 Å². The molecular formula is C16H23NO3S. The molecule has 0 spiro atoms. The SMILES string of the molecule is CCOC(=O)c1c(NC(=O)CC)sc2c1CC[C@H](CC)C2. The zero-order chi connectivity index (χ0) is 15.4. The van der Waals surface area contributed by atoms with Crippen LogP contribution in [0.5, 0.6) is 0 Å².